The Morgan fingerprint density at radius 1 is 1.37 bits per heavy atom. The number of carbonyl (C=O) groups excluding carboxylic acids is 1. The Morgan fingerprint density at radius 3 is 2.78 bits per heavy atom. The SMILES string of the molecule is Cc1ncsc1COc1ccc2oc(C)c(C(=O)N[C@@H](CO)C(=O)O)c2c1. The van der Waals surface area contributed by atoms with Gasteiger partial charge in [0.25, 0.3) is 5.91 Å². The van der Waals surface area contributed by atoms with Crippen molar-refractivity contribution in [3.8, 4) is 5.75 Å². The number of hydrogen-bond acceptors (Lipinski definition) is 7. The molecule has 3 rings (SSSR count). The van der Waals surface area contributed by atoms with Gasteiger partial charge < -0.3 is 24.7 Å². The summed E-state index contributed by atoms with van der Waals surface area (Å²) < 4.78 is 11.4. The molecule has 0 radical (unpaired) electrons. The molecule has 0 saturated heterocycles. The van der Waals surface area contributed by atoms with Crippen molar-refractivity contribution in [2.45, 2.75) is 26.5 Å². The molecule has 2 aromatic heterocycles. The van der Waals surface area contributed by atoms with E-state index < -0.39 is 24.5 Å². The van der Waals surface area contributed by atoms with Gasteiger partial charge in [0.05, 0.1) is 28.3 Å². The molecule has 3 aromatic rings. The minimum Gasteiger partial charge on any atom is -0.488 e. The molecule has 9 heteroatoms. The summed E-state index contributed by atoms with van der Waals surface area (Å²) in [5.74, 6) is -1.06. The quantitative estimate of drug-likeness (QED) is 0.566. The van der Waals surface area contributed by atoms with Crippen LogP contribution in [0.15, 0.2) is 28.1 Å². The first-order valence-corrected chi connectivity index (χ1v) is 8.98. The Kier molecular flexibility index (Phi) is 5.43. The van der Waals surface area contributed by atoms with E-state index in [2.05, 4.69) is 10.3 Å². The number of aliphatic carboxylic acids is 1. The third kappa shape index (κ3) is 3.93. The third-order valence-corrected chi connectivity index (χ3v) is 4.97. The molecule has 3 N–H and O–H groups in total. The summed E-state index contributed by atoms with van der Waals surface area (Å²) in [5.41, 5.74) is 3.35. The van der Waals surface area contributed by atoms with Crippen molar-refractivity contribution in [2.75, 3.05) is 6.61 Å². The van der Waals surface area contributed by atoms with Crippen LogP contribution in [0.5, 0.6) is 5.75 Å². The maximum absolute atomic E-state index is 12.5. The minimum absolute atomic E-state index is 0.212. The van der Waals surface area contributed by atoms with Crippen LogP contribution in [0.4, 0.5) is 0 Å². The van der Waals surface area contributed by atoms with Crippen LogP contribution in [0.3, 0.4) is 0 Å². The molecule has 0 spiro atoms. The number of rotatable bonds is 7. The Bertz CT molecular complexity index is 993. The van der Waals surface area contributed by atoms with Crippen LogP contribution in [0, 0.1) is 13.8 Å². The van der Waals surface area contributed by atoms with E-state index >= 15 is 0 Å². The fourth-order valence-corrected chi connectivity index (χ4v) is 3.29. The molecule has 1 atom stereocenters. The smallest absolute Gasteiger partial charge is 0.328 e. The lowest BCUT2D eigenvalue weighted by molar-refractivity contribution is -0.140. The molecule has 0 saturated carbocycles. The molecule has 142 valence electrons. The zero-order chi connectivity index (χ0) is 19.6. The number of hydrogen-bond donors (Lipinski definition) is 3. The Labute approximate surface area is 158 Å². The Hall–Kier alpha value is -2.91. The van der Waals surface area contributed by atoms with Gasteiger partial charge in [-0.2, -0.15) is 0 Å². The van der Waals surface area contributed by atoms with E-state index in [1.54, 1.807) is 30.6 Å². The normalized spacial score (nSPS) is 12.1. The molecule has 27 heavy (non-hydrogen) atoms. The van der Waals surface area contributed by atoms with Crippen molar-refractivity contribution >= 4 is 34.2 Å². The average Bonchev–Trinajstić information content (AvgIpc) is 3.18. The molecule has 0 aliphatic rings. The lowest BCUT2D eigenvalue weighted by Gasteiger charge is -2.11. The predicted octanol–water partition coefficient (Wildman–Crippen LogP) is 2.26. The van der Waals surface area contributed by atoms with E-state index in [9.17, 15) is 9.59 Å². The minimum atomic E-state index is -1.39. The lowest BCUT2D eigenvalue weighted by Crippen LogP contribution is -2.43. The number of furan rings is 1. The predicted molar refractivity (Wildman–Crippen MR) is 98.1 cm³/mol. The molecule has 0 unspecified atom stereocenters. The molecule has 2 heterocycles. The summed E-state index contributed by atoms with van der Waals surface area (Å²) in [5, 5.41) is 20.9. The van der Waals surface area contributed by atoms with Gasteiger partial charge in [0.15, 0.2) is 6.04 Å². The first-order chi connectivity index (χ1) is 12.9. The number of benzene rings is 1. The molecule has 0 fully saturated rings. The maximum Gasteiger partial charge on any atom is 0.328 e. The van der Waals surface area contributed by atoms with E-state index in [1.165, 1.54) is 11.3 Å². The summed E-state index contributed by atoms with van der Waals surface area (Å²) in [6.45, 7) is 3.16. The van der Waals surface area contributed by atoms with E-state index in [0.717, 1.165) is 10.6 Å². The van der Waals surface area contributed by atoms with Gasteiger partial charge >= 0.3 is 5.97 Å². The van der Waals surface area contributed by atoms with Gasteiger partial charge in [-0.1, -0.05) is 0 Å². The topological polar surface area (TPSA) is 122 Å². The highest BCUT2D eigenvalue weighted by Crippen LogP contribution is 2.30. The van der Waals surface area contributed by atoms with Gasteiger partial charge in [-0.25, -0.2) is 9.78 Å². The molecule has 1 aromatic carbocycles. The zero-order valence-corrected chi connectivity index (χ0v) is 15.5. The monoisotopic (exact) mass is 390 g/mol. The van der Waals surface area contributed by atoms with Crippen LogP contribution in [-0.4, -0.2) is 39.7 Å². The number of ether oxygens (including phenoxy) is 1. The number of aromatic nitrogens is 1. The number of carboxylic acids is 1. The number of fused-ring (bicyclic) bond motifs is 1. The Balaban J connectivity index is 1.87. The number of aliphatic hydroxyl groups excluding tert-OH is 1. The number of aliphatic hydroxyl groups is 1. The van der Waals surface area contributed by atoms with Crippen LogP contribution < -0.4 is 10.1 Å². The molecular formula is C18H18N2O6S. The summed E-state index contributed by atoms with van der Waals surface area (Å²) in [7, 11) is 0. The number of carboxylic acid groups (broad SMARTS) is 1. The first-order valence-electron chi connectivity index (χ1n) is 8.10. The van der Waals surface area contributed by atoms with Crippen molar-refractivity contribution < 1.29 is 29.0 Å². The summed E-state index contributed by atoms with van der Waals surface area (Å²) in [4.78, 5) is 28.7. The van der Waals surface area contributed by atoms with Gasteiger partial charge in [0, 0.05) is 5.39 Å². The summed E-state index contributed by atoms with van der Waals surface area (Å²) >= 11 is 1.50. The highest BCUT2D eigenvalue weighted by atomic mass is 32.1. The van der Waals surface area contributed by atoms with Gasteiger partial charge in [-0.15, -0.1) is 11.3 Å². The molecule has 1 amide bonds. The number of thiazole rings is 1. The van der Waals surface area contributed by atoms with Crippen LogP contribution >= 0.6 is 11.3 Å². The average molecular weight is 390 g/mol. The van der Waals surface area contributed by atoms with Crippen molar-refractivity contribution in [3.05, 3.63) is 45.6 Å². The van der Waals surface area contributed by atoms with Crippen molar-refractivity contribution in [3.63, 3.8) is 0 Å². The zero-order valence-electron chi connectivity index (χ0n) is 14.7. The lowest BCUT2D eigenvalue weighted by atomic mass is 10.1. The van der Waals surface area contributed by atoms with Gasteiger partial charge in [0.2, 0.25) is 0 Å². The highest BCUT2D eigenvalue weighted by molar-refractivity contribution is 7.09. The van der Waals surface area contributed by atoms with Crippen molar-refractivity contribution in [1.82, 2.24) is 10.3 Å². The number of carbonyl (C=O) groups is 2. The highest BCUT2D eigenvalue weighted by Gasteiger charge is 2.24. The van der Waals surface area contributed by atoms with Crippen LogP contribution in [0.2, 0.25) is 0 Å². The summed E-state index contributed by atoms with van der Waals surface area (Å²) in [6, 6.07) is 3.70. The molecule has 0 aliphatic carbocycles. The Morgan fingerprint density at radius 2 is 2.15 bits per heavy atom. The van der Waals surface area contributed by atoms with Crippen LogP contribution in [-0.2, 0) is 11.4 Å². The van der Waals surface area contributed by atoms with E-state index in [1.807, 2.05) is 6.92 Å². The standard InChI is InChI=1S/C18H18N2O6S/c1-9-15(27-8-19-9)7-25-11-3-4-14-12(5-11)16(10(2)26-14)17(22)20-13(6-21)18(23)24/h3-5,8,13,21H,6-7H2,1-2H3,(H,20,22)(H,23,24)/t13-/m0/s1. The van der Waals surface area contributed by atoms with Gasteiger partial charge in [-0.3, -0.25) is 4.79 Å². The molecular weight excluding hydrogens is 372 g/mol. The maximum atomic E-state index is 12.5. The fourth-order valence-electron chi connectivity index (χ4n) is 2.60. The number of nitrogens with one attached hydrogen (secondary N) is 1. The third-order valence-electron chi connectivity index (χ3n) is 4.06. The second kappa shape index (κ2) is 7.77. The van der Waals surface area contributed by atoms with Crippen LogP contribution in [0.1, 0.15) is 26.7 Å². The van der Waals surface area contributed by atoms with Crippen molar-refractivity contribution in [2.24, 2.45) is 0 Å². The number of nitrogens with zero attached hydrogens (tertiary/aromatic N) is 1. The van der Waals surface area contributed by atoms with Gasteiger partial charge in [0.1, 0.15) is 23.7 Å². The van der Waals surface area contributed by atoms with Crippen molar-refractivity contribution in [1.29, 1.82) is 0 Å². The first kappa shape index (κ1) is 18.9. The molecule has 0 aliphatic heterocycles. The summed E-state index contributed by atoms with van der Waals surface area (Å²) in [6.07, 6.45) is 0. The van der Waals surface area contributed by atoms with E-state index in [-0.39, 0.29) is 5.56 Å². The van der Waals surface area contributed by atoms with Crippen LogP contribution in [0.25, 0.3) is 11.0 Å². The van der Waals surface area contributed by atoms with E-state index in [4.69, 9.17) is 19.4 Å². The number of amides is 1. The second-order valence-electron chi connectivity index (χ2n) is 5.89. The molecule has 0 bridgehead atoms. The van der Waals surface area contributed by atoms with Gasteiger partial charge in [-0.05, 0) is 32.0 Å². The van der Waals surface area contributed by atoms with E-state index in [0.29, 0.717) is 29.1 Å². The number of aryl methyl sites for hydroxylation is 2. The molecule has 8 nitrogen and oxygen atoms in total. The fraction of sp³-hybridized carbons (Fsp3) is 0.278. The largest absolute Gasteiger partial charge is 0.488 e. The second-order valence-corrected chi connectivity index (χ2v) is 6.83.